The number of halogens is 2. The fraction of sp³-hybridized carbons (Fsp3) is 0.235. The summed E-state index contributed by atoms with van der Waals surface area (Å²) in [6.45, 7) is 0.231. The average Bonchev–Trinajstić information content (AvgIpc) is 2.47. The van der Waals surface area contributed by atoms with Crippen LogP contribution in [0.4, 0.5) is 8.78 Å². The molecule has 0 aliphatic rings. The van der Waals surface area contributed by atoms with Crippen LogP contribution in [0.2, 0.25) is 0 Å². The van der Waals surface area contributed by atoms with Crippen molar-refractivity contribution in [1.29, 1.82) is 0 Å². The van der Waals surface area contributed by atoms with E-state index in [1.807, 2.05) is 0 Å². The van der Waals surface area contributed by atoms with E-state index >= 15 is 0 Å². The van der Waals surface area contributed by atoms with Crippen molar-refractivity contribution in [1.82, 2.24) is 4.90 Å². The predicted molar refractivity (Wildman–Crippen MR) is 77.6 cm³/mol. The summed E-state index contributed by atoms with van der Waals surface area (Å²) in [4.78, 5) is 13.5. The molecular formula is C17H17F2NO. The summed E-state index contributed by atoms with van der Waals surface area (Å²) < 4.78 is 26.6. The summed E-state index contributed by atoms with van der Waals surface area (Å²) in [5.41, 5.74) is 1.27. The first kappa shape index (κ1) is 15.2. The van der Waals surface area contributed by atoms with Gasteiger partial charge in [0.1, 0.15) is 11.6 Å². The number of hydrogen-bond donors (Lipinski definition) is 0. The van der Waals surface area contributed by atoms with E-state index < -0.39 is 0 Å². The smallest absolute Gasteiger partial charge is 0.222 e. The molecule has 0 atom stereocenters. The molecule has 0 aliphatic carbocycles. The van der Waals surface area contributed by atoms with E-state index in [4.69, 9.17) is 0 Å². The van der Waals surface area contributed by atoms with Gasteiger partial charge in [0.15, 0.2) is 0 Å². The molecule has 2 aromatic rings. The zero-order chi connectivity index (χ0) is 15.2. The molecule has 0 saturated carbocycles. The van der Waals surface area contributed by atoms with Crippen LogP contribution >= 0.6 is 0 Å². The van der Waals surface area contributed by atoms with Gasteiger partial charge in [-0.25, -0.2) is 8.78 Å². The first-order chi connectivity index (χ1) is 10.1. The Bertz CT molecular complexity index is 628. The maximum atomic E-state index is 13.5. The Morgan fingerprint density at radius 3 is 2.57 bits per heavy atom. The van der Waals surface area contributed by atoms with Gasteiger partial charge in [0.05, 0.1) is 0 Å². The normalized spacial score (nSPS) is 10.4. The molecular weight excluding hydrogens is 272 g/mol. The molecule has 0 heterocycles. The highest BCUT2D eigenvalue weighted by Gasteiger charge is 2.11. The van der Waals surface area contributed by atoms with E-state index in [1.165, 1.54) is 23.1 Å². The van der Waals surface area contributed by atoms with Gasteiger partial charge in [0.2, 0.25) is 5.91 Å². The minimum atomic E-state index is -0.317. The van der Waals surface area contributed by atoms with Crippen molar-refractivity contribution in [2.75, 3.05) is 7.05 Å². The zero-order valence-electron chi connectivity index (χ0n) is 11.9. The third-order valence-corrected chi connectivity index (χ3v) is 3.31. The molecule has 21 heavy (non-hydrogen) atoms. The lowest BCUT2D eigenvalue weighted by molar-refractivity contribution is -0.130. The van der Waals surface area contributed by atoms with Gasteiger partial charge >= 0.3 is 0 Å². The summed E-state index contributed by atoms with van der Waals surface area (Å²) in [6, 6.07) is 12.6. The van der Waals surface area contributed by atoms with E-state index in [-0.39, 0.29) is 30.5 Å². The average molecular weight is 289 g/mol. The minimum absolute atomic E-state index is 0.0949. The van der Waals surface area contributed by atoms with Crippen molar-refractivity contribution < 1.29 is 13.6 Å². The number of carbonyl (C=O) groups is 1. The van der Waals surface area contributed by atoms with Gasteiger partial charge in [0.25, 0.3) is 0 Å². The first-order valence-electron chi connectivity index (χ1n) is 6.78. The molecule has 110 valence electrons. The van der Waals surface area contributed by atoms with Crippen LogP contribution in [0.1, 0.15) is 17.5 Å². The van der Waals surface area contributed by atoms with Gasteiger partial charge in [-0.2, -0.15) is 0 Å². The van der Waals surface area contributed by atoms with Gasteiger partial charge in [-0.1, -0.05) is 30.3 Å². The van der Waals surface area contributed by atoms with Gasteiger partial charge in [-0.3, -0.25) is 4.79 Å². The molecule has 0 bridgehead atoms. The Kier molecular flexibility index (Phi) is 5.04. The van der Waals surface area contributed by atoms with Crippen molar-refractivity contribution in [3.05, 3.63) is 71.3 Å². The van der Waals surface area contributed by atoms with Crippen LogP contribution < -0.4 is 0 Å². The van der Waals surface area contributed by atoms with E-state index in [9.17, 15) is 13.6 Å². The fourth-order valence-electron chi connectivity index (χ4n) is 2.10. The molecule has 1 amide bonds. The highest BCUT2D eigenvalue weighted by atomic mass is 19.1. The zero-order valence-corrected chi connectivity index (χ0v) is 11.9. The number of nitrogens with zero attached hydrogens (tertiary/aromatic N) is 1. The van der Waals surface area contributed by atoms with Crippen LogP contribution in [0.3, 0.4) is 0 Å². The Morgan fingerprint density at radius 2 is 1.86 bits per heavy atom. The molecule has 0 unspecified atom stereocenters. The Morgan fingerprint density at radius 1 is 1.10 bits per heavy atom. The summed E-state index contributed by atoms with van der Waals surface area (Å²) in [7, 11) is 1.64. The van der Waals surface area contributed by atoms with Crippen LogP contribution in [0.25, 0.3) is 0 Å². The molecule has 2 rings (SSSR count). The first-order valence-corrected chi connectivity index (χ1v) is 6.78. The lowest BCUT2D eigenvalue weighted by atomic mass is 10.1. The van der Waals surface area contributed by atoms with Gasteiger partial charge in [-0.15, -0.1) is 0 Å². The van der Waals surface area contributed by atoms with Crippen LogP contribution in [0.15, 0.2) is 48.5 Å². The Balaban J connectivity index is 1.90. The van der Waals surface area contributed by atoms with E-state index in [2.05, 4.69) is 0 Å². The molecule has 0 fully saturated rings. The van der Waals surface area contributed by atoms with E-state index in [1.54, 1.807) is 37.4 Å². The lowest BCUT2D eigenvalue weighted by Crippen LogP contribution is -2.26. The van der Waals surface area contributed by atoms with Crippen molar-refractivity contribution in [2.45, 2.75) is 19.4 Å². The molecule has 0 spiro atoms. The van der Waals surface area contributed by atoms with Gasteiger partial charge in [-0.05, 0) is 30.2 Å². The summed E-state index contributed by atoms with van der Waals surface area (Å²) in [6.07, 6.45) is 0.743. The van der Waals surface area contributed by atoms with Gasteiger partial charge in [0, 0.05) is 25.6 Å². The predicted octanol–water partition coefficient (Wildman–Crippen LogP) is 3.56. The molecule has 0 saturated heterocycles. The second-order valence-corrected chi connectivity index (χ2v) is 4.97. The van der Waals surface area contributed by atoms with Crippen molar-refractivity contribution in [3.8, 4) is 0 Å². The Labute approximate surface area is 123 Å². The topological polar surface area (TPSA) is 20.3 Å². The number of amides is 1. The second-order valence-electron chi connectivity index (χ2n) is 4.97. The highest BCUT2D eigenvalue weighted by molar-refractivity contribution is 5.76. The van der Waals surface area contributed by atoms with Crippen molar-refractivity contribution >= 4 is 5.91 Å². The van der Waals surface area contributed by atoms with Crippen molar-refractivity contribution in [3.63, 3.8) is 0 Å². The number of carbonyl (C=O) groups excluding carboxylic acids is 1. The summed E-state index contributed by atoms with van der Waals surface area (Å²) in [5.74, 6) is -0.718. The maximum absolute atomic E-state index is 13.5. The number of rotatable bonds is 5. The lowest BCUT2D eigenvalue weighted by Gasteiger charge is -2.17. The maximum Gasteiger partial charge on any atom is 0.222 e. The summed E-state index contributed by atoms with van der Waals surface area (Å²) in [5, 5.41) is 0. The number of aryl methyl sites for hydroxylation is 1. The standard InChI is InChI=1S/C17H17F2NO/c1-20(12-14-6-2-3-8-16(14)19)17(21)10-9-13-5-4-7-15(18)11-13/h2-8,11H,9-10,12H2,1H3. The minimum Gasteiger partial charge on any atom is -0.341 e. The molecule has 4 heteroatoms. The Hall–Kier alpha value is -2.23. The van der Waals surface area contributed by atoms with Crippen LogP contribution in [-0.2, 0) is 17.8 Å². The van der Waals surface area contributed by atoms with Crippen LogP contribution in [0.5, 0.6) is 0 Å². The third kappa shape index (κ3) is 4.38. The number of benzene rings is 2. The van der Waals surface area contributed by atoms with Gasteiger partial charge < -0.3 is 4.90 Å². The quantitative estimate of drug-likeness (QED) is 0.824. The molecule has 0 aromatic heterocycles. The SMILES string of the molecule is CN(Cc1ccccc1F)C(=O)CCc1cccc(F)c1. The van der Waals surface area contributed by atoms with Crippen molar-refractivity contribution in [2.24, 2.45) is 0 Å². The molecule has 2 nitrogen and oxygen atoms in total. The number of hydrogen-bond acceptors (Lipinski definition) is 1. The summed E-state index contributed by atoms with van der Waals surface area (Å²) >= 11 is 0. The molecule has 0 aliphatic heterocycles. The fourth-order valence-corrected chi connectivity index (χ4v) is 2.10. The third-order valence-electron chi connectivity index (χ3n) is 3.31. The molecule has 0 N–H and O–H groups in total. The molecule has 0 radical (unpaired) electrons. The van der Waals surface area contributed by atoms with E-state index in [0.717, 1.165) is 5.56 Å². The second kappa shape index (κ2) is 6.97. The largest absolute Gasteiger partial charge is 0.341 e. The van der Waals surface area contributed by atoms with Crippen LogP contribution in [0, 0.1) is 11.6 Å². The molecule has 2 aromatic carbocycles. The van der Waals surface area contributed by atoms with E-state index in [0.29, 0.717) is 12.0 Å². The highest BCUT2D eigenvalue weighted by Crippen LogP contribution is 2.11. The monoisotopic (exact) mass is 289 g/mol. The van der Waals surface area contributed by atoms with Crippen LogP contribution in [-0.4, -0.2) is 17.9 Å².